The number of benzene rings is 1. The number of rotatable bonds is 3. The maximum absolute atomic E-state index is 10.7. The monoisotopic (exact) mass is 299 g/mol. The summed E-state index contributed by atoms with van der Waals surface area (Å²) in [6, 6.07) is 13.2. The Morgan fingerprint density at radius 3 is 2.68 bits per heavy atom. The van der Waals surface area contributed by atoms with Crippen LogP contribution in [0.3, 0.4) is 0 Å². The maximum Gasteiger partial charge on any atom is 0.287 e. The van der Waals surface area contributed by atoms with Gasteiger partial charge < -0.3 is 9.64 Å². The molecule has 6 nitrogen and oxygen atoms in total. The Balaban J connectivity index is 1.82. The molecule has 1 aromatic carbocycles. The number of anilines is 1. The fraction of sp³-hybridized carbons (Fsp3) is 0.312. The van der Waals surface area contributed by atoms with Crippen LogP contribution in [-0.2, 0) is 10.3 Å². The fourth-order valence-electron chi connectivity index (χ4n) is 2.70. The summed E-state index contributed by atoms with van der Waals surface area (Å²) in [6.07, 6.45) is 1.30. The number of ether oxygens (including phenoxy) is 1. The molecule has 0 radical (unpaired) electrons. The number of morpholine rings is 1. The van der Waals surface area contributed by atoms with Crippen LogP contribution >= 0.6 is 0 Å². The first-order valence-electron chi connectivity index (χ1n) is 7.13. The van der Waals surface area contributed by atoms with E-state index >= 15 is 0 Å². The number of nitro groups is 1. The van der Waals surface area contributed by atoms with Crippen LogP contribution in [0.1, 0.15) is 12.5 Å². The molecule has 1 aliphatic rings. The predicted octanol–water partition coefficient (Wildman–Crippen LogP) is 2.74. The SMILES string of the molecule is CC1(c2ccccc2)CN(c2ccc([N+](=O)[O-])cn2)CCO1. The molecule has 0 N–H and O–H groups in total. The lowest BCUT2D eigenvalue weighted by molar-refractivity contribution is -0.385. The molecule has 1 aromatic heterocycles. The lowest BCUT2D eigenvalue weighted by Crippen LogP contribution is -2.48. The van der Waals surface area contributed by atoms with Crippen LogP contribution in [0.15, 0.2) is 48.7 Å². The van der Waals surface area contributed by atoms with E-state index in [4.69, 9.17) is 4.74 Å². The molecule has 1 fully saturated rings. The lowest BCUT2D eigenvalue weighted by Gasteiger charge is -2.41. The molecule has 1 atom stereocenters. The van der Waals surface area contributed by atoms with Crippen molar-refractivity contribution in [2.75, 3.05) is 24.6 Å². The summed E-state index contributed by atoms with van der Waals surface area (Å²) in [4.78, 5) is 16.6. The van der Waals surface area contributed by atoms with Crippen molar-refractivity contribution in [3.8, 4) is 0 Å². The summed E-state index contributed by atoms with van der Waals surface area (Å²) in [7, 11) is 0. The van der Waals surface area contributed by atoms with Gasteiger partial charge in [-0.15, -0.1) is 0 Å². The smallest absolute Gasteiger partial charge is 0.287 e. The number of aromatic nitrogens is 1. The van der Waals surface area contributed by atoms with Gasteiger partial charge in [0, 0.05) is 12.6 Å². The normalized spacial score (nSPS) is 21.6. The van der Waals surface area contributed by atoms with Gasteiger partial charge in [0.05, 0.1) is 18.1 Å². The standard InChI is InChI=1S/C16H17N3O3/c1-16(13-5-3-2-4-6-13)12-18(9-10-22-16)15-8-7-14(11-17-15)19(20)21/h2-8,11H,9-10,12H2,1H3. The predicted molar refractivity (Wildman–Crippen MR) is 82.9 cm³/mol. The highest BCUT2D eigenvalue weighted by molar-refractivity contribution is 5.44. The van der Waals surface area contributed by atoms with E-state index in [0.717, 1.165) is 11.4 Å². The van der Waals surface area contributed by atoms with Gasteiger partial charge in [-0.05, 0) is 18.6 Å². The zero-order chi connectivity index (χ0) is 15.6. The number of hydrogen-bond acceptors (Lipinski definition) is 5. The van der Waals surface area contributed by atoms with Gasteiger partial charge in [0.1, 0.15) is 17.6 Å². The van der Waals surface area contributed by atoms with Gasteiger partial charge in [-0.3, -0.25) is 10.1 Å². The Labute approximate surface area is 128 Å². The van der Waals surface area contributed by atoms with Crippen LogP contribution in [0.25, 0.3) is 0 Å². The van der Waals surface area contributed by atoms with E-state index in [0.29, 0.717) is 19.7 Å². The third-order valence-corrected chi connectivity index (χ3v) is 3.93. The maximum atomic E-state index is 10.7. The second-order valence-corrected chi connectivity index (χ2v) is 5.50. The molecule has 0 amide bonds. The molecule has 0 spiro atoms. The Morgan fingerprint density at radius 1 is 1.27 bits per heavy atom. The Kier molecular flexibility index (Phi) is 3.77. The first kappa shape index (κ1) is 14.5. The van der Waals surface area contributed by atoms with E-state index in [1.165, 1.54) is 12.3 Å². The molecular formula is C16H17N3O3. The minimum absolute atomic E-state index is 0.00262. The van der Waals surface area contributed by atoms with Crippen molar-refractivity contribution < 1.29 is 9.66 Å². The summed E-state index contributed by atoms with van der Waals surface area (Å²) < 4.78 is 5.99. The summed E-state index contributed by atoms with van der Waals surface area (Å²) in [5.74, 6) is 0.732. The van der Waals surface area contributed by atoms with E-state index in [1.807, 2.05) is 30.3 Å². The van der Waals surface area contributed by atoms with Gasteiger partial charge in [0.2, 0.25) is 0 Å². The molecule has 1 aliphatic heterocycles. The first-order valence-corrected chi connectivity index (χ1v) is 7.13. The number of pyridine rings is 1. The van der Waals surface area contributed by atoms with Crippen LogP contribution in [0.5, 0.6) is 0 Å². The third kappa shape index (κ3) is 2.78. The van der Waals surface area contributed by atoms with E-state index < -0.39 is 10.5 Å². The zero-order valence-corrected chi connectivity index (χ0v) is 12.3. The van der Waals surface area contributed by atoms with Gasteiger partial charge in [0.15, 0.2) is 0 Å². The average molecular weight is 299 g/mol. The van der Waals surface area contributed by atoms with Crippen LogP contribution in [0, 0.1) is 10.1 Å². The van der Waals surface area contributed by atoms with Crippen molar-refractivity contribution in [3.63, 3.8) is 0 Å². The second-order valence-electron chi connectivity index (χ2n) is 5.50. The van der Waals surface area contributed by atoms with E-state index in [9.17, 15) is 10.1 Å². The molecule has 114 valence electrons. The minimum Gasteiger partial charge on any atom is -0.367 e. The molecule has 0 saturated carbocycles. The molecule has 1 saturated heterocycles. The second kappa shape index (κ2) is 5.73. The fourth-order valence-corrected chi connectivity index (χ4v) is 2.70. The van der Waals surface area contributed by atoms with Crippen molar-refractivity contribution in [2.45, 2.75) is 12.5 Å². The summed E-state index contributed by atoms with van der Waals surface area (Å²) in [5, 5.41) is 10.7. The molecule has 3 rings (SSSR count). The van der Waals surface area contributed by atoms with Crippen molar-refractivity contribution in [1.82, 2.24) is 4.98 Å². The molecule has 1 unspecified atom stereocenters. The quantitative estimate of drug-likeness (QED) is 0.644. The van der Waals surface area contributed by atoms with Gasteiger partial charge in [-0.25, -0.2) is 4.98 Å². The van der Waals surface area contributed by atoms with E-state index in [-0.39, 0.29) is 5.69 Å². The molecule has 22 heavy (non-hydrogen) atoms. The van der Waals surface area contributed by atoms with Crippen LogP contribution in [-0.4, -0.2) is 29.6 Å². The van der Waals surface area contributed by atoms with Crippen LogP contribution in [0.2, 0.25) is 0 Å². The topological polar surface area (TPSA) is 68.5 Å². The lowest BCUT2D eigenvalue weighted by atomic mass is 9.94. The molecule has 0 aliphatic carbocycles. The summed E-state index contributed by atoms with van der Waals surface area (Å²) in [6.45, 7) is 4.01. The summed E-state index contributed by atoms with van der Waals surface area (Å²) >= 11 is 0. The Morgan fingerprint density at radius 2 is 2.05 bits per heavy atom. The van der Waals surface area contributed by atoms with E-state index in [1.54, 1.807) is 6.07 Å². The van der Waals surface area contributed by atoms with E-state index in [2.05, 4.69) is 16.8 Å². The van der Waals surface area contributed by atoms with Gasteiger partial charge in [0.25, 0.3) is 5.69 Å². The molecule has 2 heterocycles. The summed E-state index contributed by atoms with van der Waals surface area (Å²) in [5.41, 5.74) is 0.701. The Bertz CT molecular complexity index is 660. The number of nitrogens with zero attached hydrogens (tertiary/aromatic N) is 3. The van der Waals surface area contributed by atoms with Crippen LogP contribution < -0.4 is 4.90 Å². The van der Waals surface area contributed by atoms with Crippen molar-refractivity contribution in [3.05, 3.63) is 64.3 Å². The number of hydrogen-bond donors (Lipinski definition) is 0. The van der Waals surface area contributed by atoms with Crippen molar-refractivity contribution in [1.29, 1.82) is 0 Å². The minimum atomic E-state index is -0.440. The Hall–Kier alpha value is -2.47. The molecular weight excluding hydrogens is 282 g/mol. The van der Waals surface area contributed by atoms with Crippen LogP contribution in [0.4, 0.5) is 11.5 Å². The third-order valence-electron chi connectivity index (χ3n) is 3.93. The average Bonchev–Trinajstić information content (AvgIpc) is 2.56. The van der Waals surface area contributed by atoms with Gasteiger partial charge in [-0.1, -0.05) is 30.3 Å². The highest BCUT2D eigenvalue weighted by Crippen LogP contribution is 2.31. The van der Waals surface area contributed by atoms with Gasteiger partial charge in [-0.2, -0.15) is 0 Å². The molecule has 0 bridgehead atoms. The molecule has 6 heteroatoms. The van der Waals surface area contributed by atoms with Crippen molar-refractivity contribution >= 4 is 11.5 Å². The highest BCUT2D eigenvalue weighted by Gasteiger charge is 2.34. The largest absolute Gasteiger partial charge is 0.367 e. The first-order chi connectivity index (χ1) is 10.6. The van der Waals surface area contributed by atoms with Crippen molar-refractivity contribution in [2.24, 2.45) is 0 Å². The molecule has 2 aromatic rings. The zero-order valence-electron chi connectivity index (χ0n) is 12.3. The highest BCUT2D eigenvalue weighted by atomic mass is 16.6. The van der Waals surface area contributed by atoms with Gasteiger partial charge >= 0.3 is 0 Å².